The van der Waals surface area contributed by atoms with Crippen LogP contribution in [0.5, 0.6) is 0 Å². The third-order valence-electron chi connectivity index (χ3n) is 1.11. The van der Waals surface area contributed by atoms with Crippen molar-refractivity contribution in [3.63, 3.8) is 0 Å². The SMILES string of the molecule is C=C(C)C(=O)NCN(Cl)C(C)=O. The molecule has 0 aliphatic heterocycles. The molecule has 0 radical (unpaired) electrons. The summed E-state index contributed by atoms with van der Waals surface area (Å²) in [5.41, 5.74) is 0.378. The number of hydrogen-bond donors (Lipinski definition) is 1. The third kappa shape index (κ3) is 3.98. The van der Waals surface area contributed by atoms with E-state index in [-0.39, 0.29) is 18.5 Å². The van der Waals surface area contributed by atoms with E-state index < -0.39 is 0 Å². The van der Waals surface area contributed by atoms with Crippen LogP contribution in [-0.4, -0.2) is 22.9 Å². The Bertz CT molecular complexity index is 215. The molecule has 5 heteroatoms. The maximum atomic E-state index is 10.9. The molecule has 0 saturated carbocycles. The normalized spacial score (nSPS) is 8.92. The highest BCUT2D eigenvalue weighted by molar-refractivity contribution is 6.21. The van der Waals surface area contributed by atoms with Crippen LogP contribution in [0.4, 0.5) is 0 Å². The van der Waals surface area contributed by atoms with Crippen LogP contribution in [0, 0.1) is 0 Å². The number of halogens is 1. The summed E-state index contributed by atoms with van der Waals surface area (Å²) in [5.74, 6) is -0.638. The first-order chi connectivity index (χ1) is 5.45. The van der Waals surface area contributed by atoms with Crippen LogP contribution in [0.15, 0.2) is 12.2 Å². The van der Waals surface area contributed by atoms with Gasteiger partial charge in [0, 0.05) is 24.3 Å². The average Bonchev–Trinajstić information content (AvgIpc) is 1.98. The Labute approximate surface area is 76.3 Å². The molecule has 0 aliphatic rings. The average molecular weight is 191 g/mol. The van der Waals surface area contributed by atoms with Crippen molar-refractivity contribution in [1.82, 2.24) is 9.74 Å². The zero-order valence-corrected chi connectivity index (χ0v) is 7.81. The molecule has 68 valence electrons. The Balaban J connectivity index is 3.76. The van der Waals surface area contributed by atoms with E-state index in [1.165, 1.54) is 6.92 Å². The summed E-state index contributed by atoms with van der Waals surface area (Å²) in [4.78, 5) is 21.4. The molecule has 0 heterocycles. The van der Waals surface area contributed by atoms with Crippen molar-refractivity contribution in [2.45, 2.75) is 13.8 Å². The summed E-state index contributed by atoms with van der Waals surface area (Å²) in [6.07, 6.45) is 0. The van der Waals surface area contributed by atoms with Crippen LogP contribution in [0.1, 0.15) is 13.8 Å². The summed E-state index contributed by atoms with van der Waals surface area (Å²) >= 11 is 5.40. The molecule has 0 saturated heterocycles. The van der Waals surface area contributed by atoms with Crippen molar-refractivity contribution in [3.8, 4) is 0 Å². The first-order valence-electron chi connectivity index (χ1n) is 3.32. The van der Waals surface area contributed by atoms with E-state index in [4.69, 9.17) is 11.8 Å². The quantitative estimate of drug-likeness (QED) is 0.403. The van der Waals surface area contributed by atoms with Crippen molar-refractivity contribution in [2.75, 3.05) is 6.67 Å². The van der Waals surface area contributed by atoms with Gasteiger partial charge in [0.05, 0.1) is 0 Å². The molecule has 2 amide bonds. The van der Waals surface area contributed by atoms with Crippen LogP contribution in [0.2, 0.25) is 0 Å². The Kier molecular flexibility index (Phi) is 4.36. The highest BCUT2D eigenvalue weighted by atomic mass is 35.5. The van der Waals surface area contributed by atoms with Gasteiger partial charge in [-0.1, -0.05) is 6.58 Å². The largest absolute Gasteiger partial charge is 0.333 e. The number of hydrogen-bond acceptors (Lipinski definition) is 2. The Morgan fingerprint density at radius 1 is 1.50 bits per heavy atom. The van der Waals surface area contributed by atoms with Crippen molar-refractivity contribution in [1.29, 1.82) is 0 Å². The molecule has 0 unspecified atom stereocenters. The molecule has 0 aliphatic carbocycles. The summed E-state index contributed by atoms with van der Waals surface area (Å²) in [6, 6.07) is 0. The lowest BCUT2D eigenvalue weighted by atomic mass is 10.3. The van der Waals surface area contributed by atoms with Gasteiger partial charge in [-0.15, -0.1) is 0 Å². The summed E-state index contributed by atoms with van der Waals surface area (Å²) in [5, 5.41) is 2.40. The number of rotatable bonds is 3. The second-order valence-electron chi connectivity index (χ2n) is 2.33. The molecule has 0 fully saturated rings. The minimum Gasteiger partial charge on any atom is -0.333 e. The van der Waals surface area contributed by atoms with E-state index in [1.54, 1.807) is 6.92 Å². The molecule has 0 aromatic rings. The minimum atomic E-state index is -0.321. The maximum absolute atomic E-state index is 10.9. The first-order valence-corrected chi connectivity index (χ1v) is 3.66. The van der Waals surface area contributed by atoms with Gasteiger partial charge in [-0.25, -0.2) is 4.42 Å². The summed E-state index contributed by atoms with van der Waals surface area (Å²) in [6.45, 7) is 6.28. The Hall–Kier alpha value is -1.03. The van der Waals surface area contributed by atoms with E-state index in [1.807, 2.05) is 0 Å². The van der Waals surface area contributed by atoms with Gasteiger partial charge in [-0.2, -0.15) is 0 Å². The van der Waals surface area contributed by atoms with Crippen LogP contribution < -0.4 is 5.32 Å². The molecular formula is C7H11ClN2O2. The minimum absolute atomic E-state index is 0.0113. The van der Waals surface area contributed by atoms with Gasteiger partial charge in [0.25, 0.3) is 0 Å². The molecule has 4 nitrogen and oxygen atoms in total. The second kappa shape index (κ2) is 4.77. The monoisotopic (exact) mass is 190 g/mol. The fourth-order valence-electron chi connectivity index (χ4n) is 0.403. The van der Waals surface area contributed by atoms with Crippen molar-refractivity contribution in [3.05, 3.63) is 12.2 Å². The number of amides is 2. The topological polar surface area (TPSA) is 49.4 Å². The van der Waals surface area contributed by atoms with Crippen LogP contribution >= 0.6 is 11.8 Å². The predicted octanol–water partition coefficient (Wildman–Crippen LogP) is 0.638. The highest BCUT2D eigenvalue weighted by Crippen LogP contribution is 1.92. The number of carbonyl (C=O) groups is 2. The van der Waals surface area contributed by atoms with Gasteiger partial charge >= 0.3 is 0 Å². The maximum Gasteiger partial charge on any atom is 0.247 e. The van der Waals surface area contributed by atoms with Gasteiger partial charge in [-0.05, 0) is 6.92 Å². The van der Waals surface area contributed by atoms with E-state index in [0.717, 1.165) is 4.42 Å². The smallest absolute Gasteiger partial charge is 0.247 e. The van der Waals surface area contributed by atoms with Crippen molar-refractivity contribution >= 4 is 23.6 Å². The van der Waals surface area contributed by atoms with Crippen molar-refractivity contribution < 1.29 is 9.59 Å². The van der Waals surface area contributed by atoms with E-state index >= 15 is 0 Å². The Morgan fingerprint density at radius 2 is 2.00 bits per heavy atom. The molecule has 0 rings (SSSR count). The number of carbonyl (C=O) groups excluding carboxylic acids is 2. The van der Waals surface area contributed by atoms with E-state index in [2.05, 4.69) is 11.9 Å². The molecule has 0 aromatic carbocycles. The summed E-state index contributed by atoms with van der Waals surface area (Å²) < 4.78 is 0.876. The molecule has 0 spiro atoms. The van der Waals surface area contributed by atoms with Crippen LogP contribution in [0.3, 0.4) is 0 Å². The highest BCUT2D eigenvalue weighted by Gasteiger charge is 2.06. The van der Waals surface area contributed by atoms with E-state index in [0.29, 0.717) is 5.57 Å². The Morgan fingerprint density at radius 3 is 2.33 bits per heavy atom. The molecule has 0 atom stereocenters. The molecule has 0 aromatic heterocycles. The summed E-state index contributed by atoms with van der Waals surface area (Å²) in [7, 11) is 0. The first kappa shape index (κ1) is 11.0. The fourth-order valence-corrected chi connectivity index (χ4v) is 0.463. The van der Waals surface area contributed by atoms with Crippen LogP contribution in [0.25, 0.3) is 0 Å². The molecule has 12 heavy (non-hydrogen) atoms. The fraction of sp³-hybridized carbons (Fsp3) is 0.429. The van der Waals surface area contributed by atoms with Gasteiger partial charge in [0.1, 0.15) is 6.67 Å². The molecule has 1 N–H and O–H groups in total. The number of nitrogens with one attached hydrogen (secondary N) is 1. The lowest BCUT2D eigenvalue weighted by Crippen LogP contribution is -2.34. The molecular weight excluding hydrogens is 180 g/mol. The molecule has 0 bridgehead atoms. The predicted molar refractivity (Wildman–Crippen MR) is 46.2 cm³/mol. The van der Waals surface area contributed by atoms with Gasteiger partial charge in [0.2, 0.25) is 11.8 Å². The lowest BCUT2D eigenvalue weighted by Gasteiger charge is -2.11. The second-order valence-corrected chi connectivity index (χ2v) is 2.73. The van der Waals surface area contributed by atoms with E-state index in [9.17, 15) is 9.59 Å². The van der Waals surface area contributed by atoms with Crippen LogP contribution in [-0.2, 0) is 9.59 Å². The van der Waals surface area contributed by atoms with Crippen molar-refractivity contribution in [2.24, 2.45) is 0 Å². The lowest BCUT2D eigenvalue weighted by molar-refractivity contribution is -0.125. The van der Waals surface area contributed by atoms with Gasteiger partial charge in [-0.3, -0.25) is 9.59 Å². The standard InChI is InChI=1S/C7H11ClN2O2/c1-5(2)7(12)9-4-10(8)6(3)11/h1,4H2,2-3H3,(H,9,12). The van der Waals surface area contributed by atoms with Gasteiger partial charge < -0.3 is 5.32 Å². The van der Waals surface area contributed by atoms with Gasteiger partial charge in [0.15, 0.2) is 0 Å². The number of nitrogens with zero attached hydrogens (tertiary/aromatic N) is 1. The zero-order valence-electron chi connectivity index (χ0n) is 7.06. The zero-order chi connectivity index (χ0) is 9.72. The third-order valence-corrected chi connectivity index (χ3v) is 1.47.